The predicted octanol–water partition coefficient (Wildman–Crippen LogP) is 0.323. The van der Waals surface area contributed by atoms with E-state index >= 15 is 0 Å². The lowest BCUT2D eigenvalue weighted by Gasteiger charge is -2.23. The van der Waals surface area contributed by atoms with Gasteiger partial charge in [-0.3, -0.25) is 4.79 Å². The number of ether oxygens (including phenoxy) is 3. The minimum Gasteiger partial charge on any atom is -0.508 e. The number of benzene rings is 1. The third kappa shape index (κ3) is 3.59. The summed E-state index contributed by atoms with van der Waals surface area (Å²) >= 11 is 0. The summed E-state index contributed by atoms with van der Waals surface area (Å²) in [7, 11) is 0. The molecular weight excluding hydrogens is 368 g/mol. The molecule has 3 heterocycles. The van der Waals surface area contributed by atoms with Crippen LogP contribution in [0, 0.1) is 0 Å². The van der Waals surface area contributed by atoms with Gasteiger partial charge in [-0.1, -0.05) is 5.21 Å². The number of aliphatic hydroxyl groups excluding tert-OH is 1. The van der Waals surface area contributed by atoms with E-state index in [1.165, 1.54) is 28.9 Å². The Bertz CT molecular complexity index is 852. The Morgan fingerprint density at radius 2 is 1.96 bits per heavy atom. The van der Waals surface area contributed by atoms with Crippen LogP contribution in [0.1, 0.15) is 36.1 Å². The van der Waals surface area contributed by atoms with Crippen LogP contribution in [0.15, 0.2) is 30.5 Å². The first-order chi connectivity index (χ1) is 13.4. The molecule has 0 saturated carbocycles. The van der Waals surface area contributed by atoms with Crippen molar-refractivity contribution in [1.82, 2.24) is 20.3 Å². The minimum absolute atomic E-state index is 0.0943. The van der Waals surface area contributed by atoms with Gasteiger partial charge >= 0.3 is 0 Å². The largest absolute Gasteiger partial charge is 0.508 e. The van der Waals surface area contributed by atoms with E-state index in [0.717, 1.165) is 0 Å². The topological polar surface area (TPSA) is 128 Å². The third-order valence-corrected chi connectivity index (χ3v) is 4.68. The van der Waals surface area contributed by atoms with Crippen LogP contribution in [0.3, 0.4) is 0 Å². The van der Waals surface area contributed by atoms with E-state index in [2.05, 4.69) is 15.6 Å². The molecule has 0 radical (unpaired) electrons. The molecule has 4 rings (SSSR count). The molecule has 0 bridgehead atoms. The Morgan fingerprint density at radius 3 is 2.68 bits per heavy atom. The summed E-state index contributed by atoms with van der Waals surface area (Å²) in [5.74, 6) is -0.968. The molecule has 4 atom stereocenters. The first kappa shape index (κ1) is 18.8. The standard InChI is InChI=1S/C18H22N4O6/c1-18(2)27-14-13(9-23)26-17(15(14)28-18)22-8-11(20-21-22)7-19-16(25)10-3-5-12(24)6-4-10/h3-6,8,13-15,17,23-24H,7,9H2,1-2H3,(H,19,25)/t13-,14-,15-,17-/m1/s1. The maximum Gasteiger partial charge on any atom is 0.251 e. The average molecular weight is 390 g/mol. The summed E-state index contributed by atoms with van der Waals surface area (Å²) in [5.41, 5.74) is 0.967. The number of carbonyl (C=O) groups is 1. The number of rotatable bonds is 5. The third-order valence-electron chi connectivity index (χ3n) is 4.68. The summed E-state index contributed by atoms with van der Waals surface area (Å²) in [4.78, 5) is 12.2. The lowest BCUT2D eigenvalue weighted by molar-refractivity contribution is -0.201. The number of fused-ring (bicyclic) bond motifs is 1. The van der Waals surface area contributed by atoms with E-state index in [1.807, 2.05) is 13.8 Å². The van der Waals surface area contributed by atoms with Crippen molar-refractivity contribution in [2.75, 3.05) is 6.61 Å². The fraction of sp³-hybridized carbons (Fsp3) is 0.500. The van der Waals surface area contributed by atoms with Gasteiger partial charge in [-0.2, -0.15) is 0 Å². The molecule has 2 aliphatic rings. The Morgan fingerprint density at radius 1 is 1.25 bits per heavy atom. The molecule has 2 aliphatic heterocycles. The summed E-state index contributed by atoms with van der Waals surface area (Å²) in [6.07, 6.45) is -0.260. The summed E-state index contributed by atoms with van der Waals surface area (Å²) in [6.45, 7) is 3.60. The number of hydrogen-bond donors (Lipinski definition) is 3. The molecule has 0 unspecified atom stereocenters. The molecule has 3 N–H and O–H groups in total. The zero-order chi connectivity index (χ0) is 19.9. The van der Waals surface area contributed by atoms with Crippen LogP contribution in [0.4, 0.5) is 0 Å². The highest BCUT2D eigenvalue weighted by Crippen LogP contribution is 2.42. The smallest absolute Gasteiger partial charge is 0.251 e. The van der Waals surface area contributed by atoms with Crippen LogP contribution < -0.4 is 5.32 Å². The molecule has 0 aliphatic carbocycles. The van der Waals surface area contributed by atoms with Gasteiger partial charge in [0, 0.05) is 5.56 Å². The Balaban J connectivity index is 1.41. The quantitative estimate of drug-likeness (QED) is 0.666. The number of aromatic hydroxyl groups is 1. The van der Waals surface area contributed by atoms with Crippen LogP contribution in [0.5, 0.6) is 5.75 Å². The molecule has 2 aromatic rings. The fourth-order valence-electron chi connectivity index (χ4n) is 3.42. The van der Waals surface area contributed by atoms with Gasteiger partial charge < -0.3 is 29.7 Å². The van der Waals surface area contributed by atoms with Crippen LogP contribution >= 0.6 is 0 Å². The zero-order valence-electron chi connectivity index (χ0n) is 15.5. The molecule has 150 valence electrons. The number of nitrogens with zero attached hydrogens (tertiary/aromatic N) is 3. The Hall–Kier alpha value is -2.53. The molecule has 10 nitrogen and oxygen atoms in total. The second-order valence-corrected chi connectivity index (χ2v) is 7.23. The highest BCUT2D eigenvalue weighted by Gasteiger charge is 2.56. The van der Waals surface area contributed by atoms with Gasteiger partial charge in [0.05, 0.1) is 19.3 Å². The normalized spacial score (nSPS) is 28.2. The van der Waals surface area contributed by atoms with Gasteiger partial charge in [-0.15, -0.1) is 5.10 Å². The molecule has 1 amide bonds. The van der Waals surface area contributed by atoms with Gasteiger partial charge in [-0.25, -0.2) is 4.68 Å². The van der Waals surface area contributed by atoms with Crippen molar-refractivity contribution in [2.45, 2.75) is 50.7 Å². The number of amides is 1. The second kappa shape index (κ2) is 7.13. The van der Waals surface area contributed by atoms with Crippen LogP contribution in [0.2, 0.25) is 0 Å². The van der Waals surface area contributed by atoms with E-state index in [1.54, 1.807) is 6.20 Å². The number of phenols is 1. The van der Waals surface area contributed by atoms with Gasteiger partial charge in [-0.05, 0) is 38.1 Å². The number of phenolic OH excluding ortho intramolecular Hbond substituents is 1. The van der Waals surface area contributed by atoms with Crippen molar-refractivity contribution in [2.24, 2.45) is 0 Å². The van der Waals surface area contributed by atoms with Crippen LogP contribution in [-0.4, -0.2) is 61.8 Å². The molecule has 28 heavy (non-hydrogen) atoms. The van der Waals surface area contributed by atoms with Gasteiger partial charge in [0.15, 0.2) is 12.0 Å². The number of nitrogens with one attached hydrogen (secondary N) is 1. The number of carbonyl (C=O) groups excluding carboxylic acids is 1. The molecule has 1 aromatic carbocycles. The Kier molecular flexibility index (Phi) is 4.79. The lowest BCUT2D eigenvalue weighted by atomic mass is 10.1. The van der Waals surface area contributed by atoms with E-state index in [4.69, 9.17) is 14.2 Å². The summed E-state index contributed by atoms with van der Waals surface area (Å²) in [6, 6.07) is 5.95. The highest BCUT2D eigenvalue weighted by molar-refractivity contribution is 5.94. The Labute approximate surface area is 161 Å². The number of hydrogen-bond acceptors (Lipinski definition) is 8. The molecule has 2 saturated heterocycles. The maximum atomic E-state index is 12.2. The van der Waals surface area contributed by atoms with E-state index in [-0.39, 0.29) is 24.8 Å². The van der Waals surface area contributed by atoms with Crippen molar-refractivity contribution in [3.63, 3.8) is 0 Å². The number of aliphatic hydroxyl groups is 1. The molecule has 1 aromatic heterocycles. The van der Waals surface area contributed by atoms with Crippen molar-refractivity contribution in [3.8, 4) is 5.75 Å². The second-order valence-electron chi connectivity index (χ2n) is 7.23. The van der Waals surface area contributed by atoms with Gasteiger partial charge in [0.25, 0.3) is 5.91 Å². The summed E-state index contributed by atoms with van der Waals surface area (Å²) in [5, 5.41) is 29.7. The SMILES string of the molecule is CC1(C)O[C@@H]2[C@H](O1)[C@@H](CO)O[C@H]2n1cc(CNC(=O)c2ccc(O)cc2)nn1. The van der Waals surface area contributed by atoms with E-state index < -0.39 is 30.3 Å². The monoisotopic (exact) mass is 390 g/mol. The first-order valence-electron chi connectivity index (χ1n) is 8.96. The van der Waals surface area contributed by atoms with Crippen molar-refractivity contribution in [1.29, 1.82) is 0 Å². The fourth-order valence-corrected chi connectivity index (χ4v) is 3.42. The van der Waals surface area contributed by atoms with Gasteiger partial charge in [0.1, 0.15) is 29.8 Å². The van der Waals surface area contributed by atoms with Crippen molar-refractivity contribution < 1.29 is 29.2 Å². The summed E-state index contributed by atoms with van der Waals surface area (Å²) < 4.78 is 19.1. The molecule has 2 fully saturated rings. The predicted molar refractivity (Wildman–Crippen MR) is 94.1 cm³/mol. The average Bonchev–Trinajstić information content (AvgIpc) is 3.33. The minimum atomic E-state index is -0.772. The van der Waals surface area contributed by atoms with Crippen LogP contribution in [0.25, 0.3) is 0 Å². The maximum absolute atomic E-state index is 12.2. The van der Waals surface area contributed by atoms with Crippen LogP contribution in [-0.2, 0) is 20.8 Å². The van der Waals surface area contributed by atoms with Gasteiger partial charge in [0.2, 0.25) is 0 Å². The first-order valence-corrected chi connectivity index (χ1v) is 8.96. The molecular formula is C18H22N4O6. The number of aromatic nitrogens is 3. The molecule has 10 heteroatoms. The molecule has 0 spiro atoms. The van der Waals surface area contributed by atoms with E-state index in [9.17, 15) is 15.0 Å². The van der Waals surface area contributed by atoms with E-state index in [0.29, 0.717) is 11.3 Å². The highest BCUT2D eigenvalue weighted by atomic mass is 16.8. The zero-order valence-corrected chi connectivity index (χ0v) is 15.5. The van der Waals surface area contributed by atoms with Crippen molar-refractivity contribution in [3.05, 3.63) is 41.7 Å². The lowest BCUT2D eigenvalue weighted by Crippen LogP contribution is -2.31. The van der Waals surface area contributed by atoms with Crippen molar-refractivity contribution >= 4 is 5.91 Å².